The van der Waals surface area contributed by atoms with Gasteiger partial charge >= 0.3 is 0 Å². The van der Waals surface area contributed by atoms with Crippen LogP contribution in [-0.4, -0.2) is 8.80 Å². The molecule has 0 aliphatic heterocycles. The number of benzene rings is 9. The van der Waals surface area contributed by atoms with E-state index in [1.807, 2.05) is 0 Å². The van der Waals surface area contributed by atoms with Gasteiger partial charge in [0.2, 0.25) is 0 Å². The Kier molecular flexibility index (Phi) is 6.42. The minimum atomic E-state index is 0.435. The number of aromatic nitrogens is 2. The predicted molar refractivity (Wildman–Crippen MR) is 255 cm³/mol. The quantitative estimate of drug-likeness (QED) is 0.167. The van der Waals surface area contributed by atoms with Crippen molar-refractivity contribution in [2.45, 2.75) is 13.8 Å². The Morgan fingerprint density at radius 2 is 0.700 bits per heavy atom. The summed E-state index contributed by atoms with van der Waals surface area (Å²) < 4.78 is 25.3. The van der Waals surface area contributed by atoms with Gasteiger partial charge in [-0.15, -0.1) is 0 Å². The zero-order valence-electron chi connectivity index (χ0n) is 35.1. The Labute approximate surface area is 349 Å². The van der Waals surface area contributed by atoms with Crippen LogP contribution in [0.15, 0.2) is 194 Å². The molecular weight excluding hydrogens is 729 g/mol. The van der Waals surface area contributed by atoms with E-state index in [-0.39, 0.29) is 0 Å². The van der Waals surface area contributed by atoms with Crippen LogP contribution >= 0.6 is 0 Å². The number of fused-ring (bicyclic) bond motifs is 12. The molecule has 4 nitrogen and oxygen atoms in total. The maximum Gasteiger partial charge on any atom is 0.0653 e. The number of aryl methyl sites for hydroxylation is 2. The van der Waals surface area contributed by atoms with Crippen LogP contribution in [0.2, 0.25) is 0 Å². The number of hydrogen-bond acceptors (Lipinski definition) is 2. The summed E-state index contributed by atoms with van der Waals surface area (Å²) in [6.07, 6.45) is 0. The van der Waals surface area contributed by atoms with Crippen LogP contribution in [0.3, 0.4) is 0 Å². The Morgan fingerprint density at radius 1 is 0.333 bits per heavy atom. The lowest BCUT2D eigenvalue weighted by molar-refractivity contribution is 1.29. The van der Waals surface area contributed by atoms with Gasteiger partial charge in [0.05, 0.1) is 47.2 Å². The van der Waals surface area contributed by atoms with Crippen molar-refractivity contribution in [3.05, 3.63) is 205 Å². The van der Waals surface area contributed by atoms with Crippen LogP contribution in [0.1, 0.15) is 13.9 Å². The van der Waals surface area contributed by atoms with Crippen LogP contribution in [0.25, 0.3) is 76.2 Å². The Bertz CT molecular complexity index is 3630. The van der Waals surface area contributed by atoms with Gasteiger partial charge in [-0.05, 0) is 98.7 Å². The van der Waals surface area contributed by atoms with E-state index in [1.165, 1.54) is 11.1 Å². The third kappa shape index (κ3) is 4.50. The zero-order valence-corrected chi connectivity index (χ0v) is 33.1. The highest BCUT2D eigenvalue weighted by molar-refractivity contribution is 6.32. The highest BCUT2D eigenvalue weighted by atomic mass is 15.2. The van der Waals surface area contributed by atoms with E-state index in [0.29, 0.717) is 12.1 Å². The molecule has 0 radical (unpaired) electrons. The van der Waals surface area contributed by atoms with Gasteiger partial charge in [-0.25, -0.2) is 0 Å². The fraction of sp³-hybridized carbons (Fsp3) is 0.0357. The maximum atomic E-state index is 10.4. The maximum absolute atomic E-state index is 10.4. The van der Waals surface area contributed by atoms with E-state index in [2.05, 4.69) is 214 Å². The third-order valence-electron chi connectivity index (χ3n) is 12.6. The van der Waals surface area contributed by atoms with Crippen molar-refractivity contribution in [2.75, 3.05) is 9.80 Å². The molecule has 0 saturated heterocycles. The average Bonchev–Trinajstić information content (AvgIpc) is 4.05. The van der Waals surface area contributed by atoms with Crippen molar-refractivity contribution in [1.82, 2.24) is 8.80 Å². The van der Waals surface area contributed by atoms with Crippen LogP contribution in [0.4, 0.5) is 34.1 Å². The fourth-order valence-corrected chi connectivity index (χ4v) is 10.00. The lowest BCUT2D eigenvalue weighted by Crippen LogP contribution is -2.10. The van der Waals surface area contributed by atoms with E-state index < -0.39 is 0 Å². The summed E-state index contributed by atoms with van der Waals surface area (Å²) in [5.41, 5.74) is 14.4. The highest BCUT2D eigenvalue weighted by Gasteiger charge is 2.27. The second-order valence-electron chi connectivity index (χ2n) is 16.1. The number of para-hydroxylation sites is 4. The minimum Gasteiger partial charge on any atom is -0.310 e. The van der Waals surface area contributed by atoms with Gasteiger partial charge in [-0.1, -0.05) is 120 Å². The van der Waals surface area contributed by atoms with Crippen LogP contribution in [0.5, 0.6) is 0 Å². The van der Waals surface area contributed by atoms with Crippen molar-refractivity contribution >= 4 is 110 Å². The molecule has 0 fully saturated rings. The first-order chi connectivity index (χ1) is 30.5. The smallest absolute Gasteiger partial charge is 0.0653 e. The second kappa shape index (κ2) is 12.3. The predicted octanol–water partition coefficient (Wildman–Crippen LogP) is 15.5. The minimum absolute atomic E-state index is 0.435. The summed E-state index contributed by atoms with van der Waals surface area (Å²) in [5.74, 6) is 0. The SMILES string of the molecule is [2H]c1c2c3ccc(N(c4ccccc4)c4ccc(C)cc4)c4c5ccccc5n(c2c([2H])c2c5ccc(N(c6ccccc6)c6ccc(C)cc6)c6c7ccccc7n(c12)c56)c34. The van der Waals surface area contributed by atoms with E-state index in [1.54, 1.807) is 0 Å². The average molecular weight is 769 g/mol. The summed E-state index contributed by atoms with van der Waals surface area (Å²) in [5, 5.41) is 8.01. The van der Waals surface area contributed by atoms with E-state index in [9.17, 15) is 2.74 Å². The molecular formula is C56H38N4. The Morgan fingerprint density at radius 3 is 1.12 bits per heavy atom. The van der Waals surface area contributed by atoms with Gasteiger partial charge in [-0.2, -0.15) is 0 Å². The number of hydrogen-bond donors (Lipinski definition) is 0. The molecule has 0 unspecified atom stereocenters. The first-order valence-electron chi connectivity index (χ1n) is 21.6. The first-order valence-corrected chi connectivity index (χ1v) is 20.6. The van der Waals surface area contributed by atoms with Crippen molar-refractivity contribution in [2.24, 2.45) is 0 Å². The van der Waals surface area contributed by atoms with Gasteiger partial charge in [0.25, 0.3) is 0 Å². The van der Waals surface area contributed by atoms with Gasteiger partial charge in [0.15, 0.2) is 0 Å². The van der Waals surface area contributed by atoms with Crippen molar-refractivity contribution < 1.29 is 2.74 Å². The zero-order chi connectivity index (χ0) is 41.4. The summed E-state index contributed by atoms with van der Waals surface area (Å²) in [6.45, 7) is 4.24. The number of nitrogens with zero attached hydrogens (tertiary/aromatic N) is 4. The van der Waals surface area contributed by atoms with Gasteiger partial charge < -0.3 is 18.6 Å². The highest BCUT2D eigenvalue weighted by Crippen LogP contribution is 2.51. The molecule has 282 valence electrons. The molecule has 0 amide bonds. The van der Waals surface area contributed by atoms with Crippen LogP contribution < -0.4 is 9.80 Å². The normalized spacial score (nSPS) is 12.6. The molecule has 0 aliphatic rings. The number of rotatable bonds is 6. The lowest BCUT2D eigenvalue weighted by Gasteiger charge is -2.26. The molecule has 0 atom stereocenters. The molecule has 60 heavy (non-hydrogen) atoms. The molecule has 4 heteroatoms. The van der Waals surface area contributed by atoms with Crippen molar-refractivity contribution in [3.8, 4) is 0 Å². The monoisotopic (exact) mass is 768 g/mol. The molecule has 0 saturated carbocycles. The third-order valence-corrected chi connectivity index (χ3v) is 12.6. The van der Waals surface area contributed by atoms with Crippen molar-refractivity contribution in [3.63, 3.8) is 0 Å². The fourth-order valence-electron chi connectivity index (χ4n) is 10.00. The molecule has 0 spiro atoms. The van der Waals surface area contributed by atoms with Crippen LogP contribution in [-0.2, 0) is 0 Å². The molecule has 4 aromatic heterocycles. The first kappa shape index (κ1) is 31.2. The second-order valence-corrected chi connectivity index (χ2v) is 16.1. The molecule has 9 aromatic carbocycles. The van der Waals surface area contributed by atoms with Crippen LogP contribution in [0, 0.1) is 13.8 Å². The van der Waals surface area contributed by atoms with Gasteiger partial charge in [0.1, 0.15) is 0 Å². The lowest BCUT2D eigenvalue weighted by atomic mass is 10.0. The van der Waals surface area contributed by atoms with E-state index in [0.717, 1.165) is 110 Å². The Hall–Kier alpha value is -7.82. The summed E-state index contributed by atoms with van der Waals surface area (Å²) in [7, 11) is 0. The molecule has 0 aliphatic carbocycles. The largest absolute Gasteiger partial charge is 0.310 e. The molecule has 0 bridgehead atoms. The molecule has 4 heterocycles. The van der Waals surface area contributed by atoms with Gasteiger partial charge in [-0.3, -0.25) is 0 Å². The molecule has 0 N–H and O–H groups in total. The molecule has 13 aromatic rings. The topological polar surface area (TPSA) is 15.3 Å². The number of anilines is 6. The summed E-state index contributed by atoms with van der Waals surface area (Å²) in [4.78, 5) is 4.68. The summed E-state index contributed by atoms with van der Waals surface area (Å²) >= 11 is 0. The summed E-state index contributed by atoms with van der Waals surface area (Å²) in [6, 6.07) is 65.3. The van der Waals surface area contributed by atoms with E-state index in [4.69, 9.17) is 0 Å². The molecule has 13 rings (SSSR count). The van der Waals surface area contributed by atoms with Crippen molar-refractivity contribution in [1.29, 1.82) is 0 Å². The Balaban J connectivity index is 1.16. The van der Waals surface area contributed by atoms with E-state index >= 15 is 0 Å². The standard InChI is InChI=1S/C56H38N4/c1-35-21-25-39(26-22-35)57(37-13-5-3-6-14-37)49-31-29-41-45-33-52-46(34-51(45)59-47-19-11-9-17-43(47)53(49)55(41)59)42-30-32-50(54-44-18-10-12-20-48(44)60(52)56(42)54)58(38-15-7-4-8-16-38)40-27-23-36(2)24-28-40/h3-34H,1-2H3/i33D,34D. The van der Waals surface area contributed by atoms with Gasteiger partial charge in [0, 0.05) is 65.8 Å².